The fraction of sp³-hybridized carbons (Fsp3) is 0.343. The predicted molar refractivity (Wildman–Crippen MR) is 175 cm³/mol. The van der Waals surface area contributed by atoms with Crippen molar-refractivity contribution in [2.75, 3.05) is 36.0 Å². The largest absolute Gasteiger partial charge is 0.387 e. The van der Waals surface area contributed by atoms with Crippen molar-refractivity contribution in [2.45, 2.75) is 44.4 Å². The molecule has 0 amide bonds. The number of tetrazole rings is 1. The molecule has 256 valence electrons. The van der Waals surface area contributed by atoms with E-state index in [2.05, 4.69) is 35.3 Å². The molecule has 3 atom stereocenters. The molecule has 1 saturated heterocycles. The number of alkyl halides is 2. The molecule has 10 nitrogen and oxygen atoms in total. The van der Waals surface area contributed by atoms with Gasteiger partial charge in [-0.15, -0.1) is 5.10 Å². The molecule has 49 heavy (non-hydrogen) atoms. The summed E-state index contributed by atoms with van der Waals surface area (Å²) in [5, 5.41) is 32.2. The van der Waals surface area contributed by atoms with Gasteiger partial charge < -0.3 is 20.0 Å². The maximum Gasteiger partial charge on any atom is 0.323 e. The molecule has 1 fully saturated rings. The summed E-state index contributed by atoms with van der Waals surface area (Å²) >= 11 is 0. The first-order valence-corrected chi connectivity index (χ1v) is 16.0. The molecule has 0 bridgehead atoms. The monoisotopic (exact) mass is 676 g/mol. The minimum absolute atomic E-state index is 0.135. The molecule has 0 aliphatic carbocycles. The molecule has 1 aliphatic heterocycles. The lowest BCUT2D eigenvalue weighted by molar-refractivity contribution is -0.207. The van der Waals surface area contributed by atoms with Gasteiger partial charge in [-0.1, -0.05) is 38.5 Å². The first kappa shape index (κ1) is 33.9. The molecule has 0 spiro atoms. The van der Waals surface area contributed by atoms with Crippen LogP contribution in [0, 0.1) is 17.6 Å². The highest BCUT2D eigenvalue weighted by Gasteiger charge is 2.58. The van der Waals surface area contributed by atoms with Crippen LogP contribution in [0.1, 0.15) is 43.3 Å². The number of halogens is 4. The Labute approximate surface area is 280 Å². The van der Waals surface area contributed by atoms with Crippen LogP contribution in [0.3, 0.4) is 0 Å². The summed E-state index contributed by atoms with van der Waals surface area (Å²) in [6.07, 6.45) is 4.36. The molecular formula is C35H36F4N8O2. The molecular weight excluding hydrogens is 640 g/mol. The third-order valence-electron chi connectivity index (χ3n) is 9.23. The third-order valence-corrected chi connectivity index (χ3v) is 9.23. The summed E-state index contributed by atoms with van der Waals surface area (Å²) in [5.74, 6) is -6.34. The Morgan fingerprint density at radius 2 is 1.51 bits per heavy atom. The van der Waals surface area contributed by atoms with Crippen molar-refractivity contribution in [3.8, 4) is 11.1 Å². The second-order valence-corrected chi connectivity index (χ2v) is 12.3. The molecule has 5 aromatic rings. The number of rotatable bonds is 11. The number of anilines is 2. The highest BCUT2D eigenvalue weighted by Crippen LogP contribution is 2.47. The van der Waals surface area contributed by atoms with Gasteiger partial charge in [-0.25, -0.2) is 13.5 Å². The summed E-state index contributed by atoms with van der Waals surface area (Å²) in [5.41, 5.74) is -0.864. The molecule has 2 N–H and O–H groups in total. The summed E-state index contributed by atoms with van der Waals surface area (Å²) in [6.45, 7) is 6.26. The van der Waals surface area contributed by atoms with Gasteiger partial charge in [0.1, 0.15) is 23.7 Å². The highest BCUT2D eigenvalue weighted by atomic mass is 19.3. The van der Waals surface area contributed by atoms with E-state index in [9.17, 15) is 19.0 Å². The minimum atomic E-state index is -4.14. The smallest absolute Gasteiger partial charge is 0.323 e. The van der Waals surface area contributed by atoms with Gasteiger partial charge in [-0.2, -0.15) is 8.78 Å². The van der Waals surface area contributed by atoms with Gasteiger partial charge in [0.05, 0.1) is 30.2 Å². The summed E-state index contributed by atoms with van der Waals surface area (Å²) in [6, 6.07) is 16.1. The molecule has 2 aromatic carbocycles. The predicted octanol–water partition coefficient (Wildman–Crippen LogP) is 5.49. The van der Waals surface area contributed by atoms with E-state index in [0.717, 1.165) is 78.7 Å². The second-order valence-electron chi connectivity index (χ2n) is 12.3. The van der Waals surface area contributed by atoms with Crippen molar-refractivity contribution >= 4 is 11.4 Å². The van der Waals surface area contributed by atoms with Crippen molar-refractivity contribution < 1.29 is 27.8 Å². The van der Waals surface area contributed by atoms with E-state index in [1.54, 1.807) is 0 Å². The van der Waals surface area contributed by atoms with Gasteiger partial charge in [0.2, 0.25) is 0 Å². The Morgan fingerprint density at radius 3 is 2.08 bits per heavy atom. The van der Waals surface area contributed by atoms with E-state index in [1.807, 2.05) is 56.4 Å². The van der Waals surface area contributed by atoms with E-state index in [-0.39, 0.29) is 5.92 Å². The molecule has 1 aliphatic rings. The third kappa shape index (κ3) is 6.83. The Kier molecular flexibility index (Phi) is 9.61. The van der Waals surface area contributed by atoms with Crippen molar-refractivity contribution in [1.82, 2.24) is 30.2 Å². The van der Waals surface area contributed by atoms with Crippen molar-refractivity contribution in [3.05, 3.63) is 114 Å². The average Bonchev–Trinajstić information content (AvgIpc) is 3.64. The van der Waals surface area contributed by atoms with E-state index in [1.165, 1.54) is 12.3 Å². The number of aliphatic hydroxyl groups excluding tert-OH is 1. The lowest BCUT2D eigenvalue weighted by Crippen LogP contribution is -2.48. The lowest BCUT2D eigenvalue weighted by atomic mass is 9.84. The Balaban J connectivity index is 1.13. The van der Waals surface area contributed by atoms with Gasteiger partial charge >= 0.3 is 5.92 Å². The molecule has 0 saturated carbocycles. The van der Waals surface area contributed by atoms with E-state index in [4.69, 9.17) is 0 Å². The summed E-state index contributed by atoms with van der Waals surface area (Å²) in [7, 11) is 0. The van der Waals surface area contributed by atoms with Crippen molar-refractivity contribution in [1.29, 1.82) is 0 Å². The normalized spacial score (nSPS) is 16.3. The first-order valence-electron chi connectivity index (χ1n) is 16.0. The van der Waals surface area contributed by atoms with Crippen LogP contribution in [0.4, 0.5) is 28.9 Å². The maximum atomic E-state index is 16.1. The average molecular weight is 677 g/mol. The second kappa shape index (κ2) is 13.9. The van der Waals surface area contributed by atoms with Gasteiger partial charge in [0.25, 0.3) is 0 Å². The van der Waals surface area contributed by atoms with Gasteiger partial charge in [-0.05, 0) is 64.4 Å². The number of aliphatic hydroxyl groups is 2. The topological polar surface area (TPSA) is 116 Å². The van der Waals surface area contributed by atoms with Crippen molar-refractivity contribution in [2.24, 2.45) is 5.92 Å². The van der Waals surface area contributed by atoms with E-state index in [0.29, 0.717) is 17.3 Å². The van der Waals surface area contributed by atoms with Gasteiger partial charge in [0.15, 0.2) is 5.60 Å². The number of pyridine rings is 2. The summed E-state index contributed by atoms with van der Waals surface area (Å²) < 4.78 is 61.5. The number of nitrogens with zero attached hydrogens (tertiary/aromatic N) is 8. The zero-order valence-electron chi connectivity index (χ0n) is 27.0. The number of aromatic nitrogens is 6. The molecule has 4 heterocycles. The van der Waals surface area contributed by atoms with Gasteiger partial charge in [-0.3, -0.25) is 9.97 Å². The standard InChI is InChI=1S/C35H36F4N8O2/c1-3-23(2)33(48)31-12-10-28(20-40-31)46-16-14-45(15-17-46)27-8-4-24(5-9-27)25-6-13-32(41-19-25)35(38,39)34(49,21-47-22-42-43-44-47)29-11-7-26(36)18-30(29)37/h4-13,18-20,22-23,33,48-49H,3,14-17,21H2,1-2H3/t23?,33?,34-/m0/s1. The number of benzene rings is 2. The minimum Gasteiger partial charge on any atom is -0.387 e. The van der Waals surface area contributed by atoms with Crippen LogP contribution in [0.15, 0.2) is 85.5 Å². The molecule has 3 aromatic heterocycles. The Morgan fingerprint density at radius 1 is 0.837 bits per heavy atom. The van der Waals surface area contributed by atoms with Crippen molar-refractivity contribution in [3.63, 3.8) is 0 Å². The van der Waals surface area contributed by atoms with E-state index < -0.39 is 47.1 Å². The summed E-state index contributed by atoms with van der Waals surface area (Å²) in [4.78, 5) is 13.0. The van der Waals surface area contributed by atoms with Crippen LogP contribution in [0.5, 0.6) is 0 Å². The Bertz CT molecular complexity index is 1840. The van der Waals surface area contributed by atoms with Crippen LogP contribution in [0.25, 0.3) is 11.1 Å². The molecule has 2 unspecified atom stereocenters. The zero-order chi connectivity index (χ0) is 34.8. The lowest BCUT2D eigenvalue weighted by Gasteiger charge is -2.37. The zero-order valence-corrected chi connectivity index (χ0v) is 27.0. The quantitative estimate of drug-likeness (QED) is 0.175. The van der Waals surface area contributed by atoms with Crippen LogP contribution in [-0.4, -0.2) is 66.6 Å². The Hall–Kier alpha value is -4.95. The molecule has 6 rings (SSSR count). The van der Waals surface area contributed by atoms with Crippen LogP contribution in [0.2, 0.25) is 0 Å². The highest BCUT2D eigenvalue weighted by molar-refractivity contribution is 5.66. The fourth-order valence-electron chi connectivity index (χ4n) is 5.99. The van der Waals surface area contributed by atoms with E-state index >= 15 is 8.78 Å². The SMILES string of the molecule is CCC(C)C(O)c1ccc(N2CCN(c3ccc(-c4ccc(C(F)(F)[C@](O)(Cn5cnnn5)c5ccc(F)cc5F)nc4)cc3)CC2)cn1. The molecule has 0 radical (unpaired) electrons. The van der Waals surface area contributed by atoms with Crippen LogP contribution in [-0.2, 0) is 18.1 Å². The first-order chi connectivity index (χ1) is 23.5. The van der Waals surface area contributed by atoms with Gasteiger partial charge in [0, 0.05) is 55.3 Å². The maximum absolute atomic E-state index is 16.1. The van der Waals surface area contributed by atoms with Crippen LogP contribution >= 0.6 is 0 Å². The fourth-order valence-corrected chi connectivity index (χ4v) is 5.99. The number of hydrogen-bond acceptors (Lipinski definition) is 9. The molecule has 14 heteroatoms. The number of hydrogen-bond donors (Lipinski definition) is 2. The number of piperazine rings is 1. The van der Waals surface area contributed by atoms with Crippen LogP contribution < -0.4 is 9.80 Å².